The molecule has 0 bridgehead atoms. The Morgan fingerprint density at radius 1 is 1.21 bits per heavy atom. The molecule has 0 N–H and O–H groups in total. The zero-order valence-electron chi connectivity index (χ0n) is 15.9. The van der Waals surface area contributed by atoms with Gasteiger partial charge >= 0.3 is 5.97 Å². The molecule has 28 heavy (non-hydrogen) atoms. The molecule has 3 aromatic rings. The maximum Gasteiger partial charge on any atom is 0.311 e. The van der Waals surface area contributed by atoms with Crippen LogP contribution in [0.3, 0.4) is 0 Å². The molecule has 0 aliphatic carbocycles. The van der Waals surface area contributed by atoms with Crippen LogP contribution in [0.1, 0.15) is 36.6 Å². The molecule has 0 saturated heterocycles. The fourth-order valence-electron chi connectivity index (χ4n) is 2.86. The Balaban J connectivity index is 1.66. The number of hydrogen-bond acceptors (Lipinski definition) is 5. The van der Waals surface area contributed by atoms with Gasteiger partial charge in [0.1, 0.15) is 18.1 Å². The first-order valence-electron chi connectivity index (χ1n) is 9.12. The zero-order chi connectivity index (χ0) is 19.9. The molecule has 1 atom stereocenters. The van der Waals surface area contributed by atoms with Crippen molar-refractivity contribution in [3.05, 3.63) is 76.5 Å². The predicted octanol–water partition coefficient (Wildman–Crippen LogP) is 6.10. The van der Waals surface area contributed by atoms with E-state index in [1.54, 1.807) is 13.0 Å². The van der Waals surface area contributed by atoms with Crippen LogP contribution in [-0.4, -0.2) is 16.9 Å². The molecule has 0 aliphatic heterocycles. The van der Waals surface area contributed by atoms with E-state index in [2.05, 4.69) is 24.2 Å². The summed E-state index contributed by atoms with van der Waals surface area (Å²) in [4.78, 5) is 12.4. The van der Waals surface area contributed by atoms with Crippen LogP contribution >= 0.6 is 23.4 Å². The number of nitrogens with zero attached hydrogens (tertiary/aromatic N) is 1. The quantitative estimate of drug-likeness (QED) is 0.416. The Morgan fingerprint density at radius 3 is 2.68 bits per heavy atom. The first kappa shape index (κ1) is 20.5. The second-order valence-corrected chi connectivity index (χ2v) is 8.03. The number of rotatable bonds is 8. The molecule has 0 radical (unpaired) electrons. The lowest BCUT2D eigenvalue weighted by Crippen LogP contribution is -2.12. The molecule has 1 aromatic heterocycles. The number of carbonyl (C=O) groups excluding carboxylic acids is 1. The largest absolute Gasteiger partial charge is 0.457 e. The molecule has 0 unspecified atom stereocenters. The van der Waals surface area contributed by atoms with Crippen molar-refractivity contribution in [3.8, 4) is 11.3 Å². The van der Waals surface area contributed by atoms with Crippen molar-refractivity contribution in [3.63, 3.8) is 0 Å². The molecule has 3 rings (SSSR count). The molecule has 4 nitrogen and oxygen atoms in total. The van der Waals surface area contributed by atoms with Crippen LogP contribution in [0.5, 0.6) is 0 Å². The van der Waals surface area contributed by atoms with Gasteiger partial charge in [-0.25, -0.2) is 0 Å². The van der Waals surface area contributed by atoms with Crippen molar-refractivity contribution in [2.75, 3.05) is 5.75 Å². The molecule has 146 valence electrons. The minimum absolute atomic E-state index is 0.0844. The van der Waals surface area contributed by atoms with Crippen molar-refractivity contribution in [2.45, 2.75) is 32.1 Å². The van der Waals surface area contributed by atoms with Crippen LogP contribution in [0, 0.1) is 0 Å². The summed E-state index contributed by atoms with van der Waals surface area (Å²) in [7, 11) is 0. The molecule has 1 heterocycles. The molecule has 0 amide bonds. The number of halogens is 1. The van der Waals surface area contributed by atoms with E-state index in [1.807, 2.05) is 42.1 Å². The highest BCUT2D eigenvalue weighted by atomic mass is 35.5. The SMILES string of the molecule is CCSCc1ccc(-c2nocc2CC(=O)O[C@H](C)c2ccccc2Cl)cc1. The summed E-state index contributed by atoms with van der Waals surface area (Å²) < 4.78 is 10.7. The van der Waals surface area contributed by atoms with E-state index in [1.165, 1.54) is 11.8 Å². The Hall–Kier alpha value is -2.24. The van der Waals surface area contributed by atoms with Gasteiger partial charge in [-0.2, -0.15) is 11.8 Å². The van der Waals surface area contributed by atoms with Crippen LogP contribution in [0.25, 0.3) is 11.3 Å². The average Bonchev–Trinajstić information content (AvgIpc) is 3.15. The van der Waals surface area contributed by atoms with E-state index in [9.17, 15) is 4.79 Å². The van der Waals surface area contributed by atoms with Crippen LogP contribution in [0.15, 0.2) is 59.3 Å². The highest BCUT2D eigenvalue weighted by Crippen LogP contribution is 2.27. The summed E-state index contributed by atoms with van der Waals surface area (Å²) >= 11 is 8.05. The fraction of sp³-hybridized carbons (Fsp3) is 0.273. The van der Waals surface area contributed by atoms with Gasteiger partial charge < -0.3 is 9.26 Å². The summed E-state index contributed by atoms with van der Waals surface area (Å²) in [5, 5.41) is 4.65. The van der Waals surface area contributed by atoms with Gasteiger partial charge in [-0.1, -0.05) is 66.1 Å². The van der Waals surface area contributed by atoms with Crippen LogP contribution in [-0.2, 0) is 21.7 Å². The number of aromatic nitrogens is 1. The van der Waals surface area contributed by atoms with Crippen molar-refractivity contribution in [2.24, 2.45) is 0 Å². The molecular weight excluding hydrogens is 394 g/mol. The second kappa shape index (κ2) is 9.80. The Kier molecular flexibility index (Phi) is 7.18. The van der Waals surface area contributed by atoms with Gasteiger partial charge in [0.25, 0.3) is 0 Å². The minimum atomic E-state index is -0.431. The minimum Gasteiger partial charge on any atom is -0.457 e. The van der Waals surface area contributed by atoms with E-state index in [0.717, 1.165) is 22.6 Å². The third-order valence-corrected chi connectivity index (χ3v) is 5.62. The summed E-state index contributed by atoms with van der Waals surface area (Å²) in [6.45, 7) is 3.95. The first-order valence-corrected chi connectivity index (χ1v) is 10.7. The number of thioether (sulfide) groups is 1. The summed E-state index contributed by atoms with van der Waals surface area (Å²) in [6, 6.07) is 15.5. The highest BCUT2D eigenvalue weighted by molar-refractivity contribution is 7.98. The maximum absolute atomic E-state index is 12.4. The topological polar surface area (TPSA) is 52.3 Å². The van der Waals surface area contributed by atoms with E-state index >= 15 is 0 Å². The fourth-order valence-corrected chi connectivity index (χ4v) is 3.78. The summed E-state index contributed by atoms with van der Waals surface area (Å²) in [5.41, 5.74) is 4.32. The van der Waals surface area contributed by atoms with Gasteiger partial charge in [0.15, 0.2) is 0 Å². The molecule has 0 fully saturated rings. The third-order valence-electron chi connectivity index (χ3n) is 4.33. The molecule has 0 saturated carbocycles. The van der Waals surface area contributed by atoms with Gasteiger partial charge in [-0.3, -0.25) is 4.79 Å². The molecular formula is C22H22ClNO3S. The lowest BCUT2D eigenvalue weighted by Gasteiger charge is -2.14. The third kappa shape index (κ3) is 5.18. The van der Waals surface area contributed by atoms with E-state index < -0.39 is 6.10 Å². The van der Waals surface area contributed by atoms with Gasteiger partial charge in [0.05, 0.1) is 6.42 Å². The Morgan fingerprint density at radius 2 is 1.96 bits per heavy atom. The molecule has 0 aliphatic rings. The monoisotopic (exact) mass is 415 g/mol. The number of carbonyl (C=O) groups is 1. The maximum atomic E-state index is 12.4. The van der Waals surface area contributed by atoms with Crippen molar-refractivity contribution in [1.82, 2.24) is 5.16 Å². The number of hydrogen-bond donors (Lipinski definition) is 0. The van der Waals surface area contributed by atoms with Crippen LogP contribution in [0.2, 0.25) is 5.02 Å². The van der Waals surface area contributed by atoms with Crippen molar-refractivity contribution in [1.29, 1.82) is 0 Å². The highest BCUT2D eigenvalue weighted by Gasteiger charge is 2.18. The average molecular weight is 416 g/mol. The first-order chi connectivity index (χ1) is 13.6. The van der Waals surface area contributed by atoms with Crippen LogP contribution < -0.4 is 0 Å². The zero-order valence-corrected chi connectivity index (χ0v) is 17.4. The smallest absolute Gasteiger partial charge is 0.311 e. The Bertz CT molecular complexity index is 924. The van der Waals surface area contributed by atoms with E-state index in [-0.39, 0.29) is 12.4 Å². The molecule has 0 spiro atoms. The van der Waals surface area contributed by atoms with Gasteiger partial charge in [-0.05, 0) is 24.3 Å². The number of benzene rings is 2. The molecule has 2 aromatic carbocycles. The van der Waals surface area contributed by atoms with Gasteiger partial charge in [-0.15, -0.1) is 0 Å². The summed E-state index contributed by atoms with van der Waals surface area (Å²) in [6.07, 6.45) is 1.15. The number of ether oxygens (including phenoxy) is 1. The van der Waals surface area contributed by atoms with Crippen molar-refractivity contribution >= 4 is 29.3 Å². The predicted molar refractivity (Wildman–Crippen MR) is 113 cm³/mol. The normalized spacial score (nSPS) is 12.0. The van der Waals surface area contributed by atoms with Gasteiger partial charge in [0.2, 0.25) is 0 Å². The van der Waals surface area contributed by atoms with E-state index in [4.69, 9.17) is 20.9 Å². The lowest BCUT2D eigenvalue weighted by atomic mass is 10.0. The second-order valence-electron chi connectivity index (χ2n) is 6.35. The van der Waals surface area contributed by atoms with Gasteiger partial charge in [0, 0.05) is 27.5 Å². The Labute approximate surface area is 174 Å². The molecule has 6 heteroatoms. The summed E-state index contributed by atoms with van der Waals surface area (Å²) in [5.74, 6) is 1.71. The lowest BCUT2D eigenvalue weighted by molar-refractivity contribution is -0.147. The number of esters is 1. The van der Waals surface area contributed by atoms with Crippen LogP contribution in [0.4, 0.5) is 0 Å². The van der Waals surface area contributed by atoms with Crippen molar-refractivity contribution < 1.29 is 14.1 Å². The standard InChI is InChI=1S/C22H22ClNO3S/c1-3-28-14-16-8-10-17(11-9-16)22-18(13-26-24-22)12-21(25)27-15(2)19-6-4-5-7-20(19)23/h4-11,13,15H,3,12,14H2,1-2H3/t15-/m1/s1. The van der Waals surface area contributed by atoms with E-state index in [0.29, 0.717) is 16.3 Å².